The van der Waals surface area contributed by atoms with Crippen LogP contribution in [-0.2, 0) is 4.79 Å². The standard InChI is InChI=1S/C21H22N4O3/c1-11-7-12(2)18(13(3)8-11)25-10-15(9-17(25)26)21-23-19(24-28-21)16-6-5-14(4)22-20(16)27/h5-8,15H,9-10H2,1-4H3,(H,22,27). The number of carbonyl (C=O) groups is 1. The summed E-state index contributed by atoms with van der Waals surface area (Å²) in [5.41, 5.74) is 5.13. The maximum Gasteiger partial charge on any atom is 0.259 e. The summed E-state index contributed by atoms with van der Waals surface area (Å²) in [6.45, 7) is 8.37. The zero-order chi connectivity index (χ0) is 20.0. The van der Waals surface area contributed by atoms with Crippen molar-refractivity contribution in [2.45, 2.75) is 40.0 Å². The minimum absolute atomic E-state index is 0.0352. The van der Waals surface area contributed by atoms with Gasteiger partial charge in [-0.1, -0.05) is 22.9 Å². The van der Waals surface area contributed by atoms with Crippen LogP contribution in [0.3, 0.4) is 0 Å². The molecule has 4 rings (SSSR count). The van der Waals surface area contributed by atoms with Crippen LogP contribution in [0.15, 0.2) is 33.6 Å². The number of aromatic amines is 1. The number of aryl methyl sites for hydroxylation is 4. The summed E-state index contributed by atoms with van der Waals surface area (Å²) < 4.78 is 5.41. The van der Waals surface area contributed by atoms with Crippen molar-refractivity contribution >= 4 is 11.6 Å². The number of hydrogen-bond donors (Lipinski definition) is 1. The SMILES string of the molecule is Cc1cc(C)c(N2CC(c3nc(-c4ccc(C)[nH]c4=O)no3)CC2=O)c(C)c1. The van der Waals surface area contributed by atoms with Crippen molar-refractivity contribution < 1.29 is 9.32 Å². The molecule has 7 heteroatoms. The van der Waals surface area contributed by atoms with Gasteiger partial charge in [0.05, 0.1) is 11.5 Å². The molecular weight excluding hydrogens is 356 g/mol. The number of H-pyrrole nitrogens is 1. The summed E-state index contributed by atoms with van der Waals surface area (Å²) in [4.78, 5) is 33.8. The van der Waals surface area contributed by atoms with E-state index in [4.69, 9.17) is 4.52 Å². The van der Waals surface area contributed by atoms with Crippen LogP contribution < -0.4 is 10.5 Å². The second-order valence-corrected chi connectivity index (χ2v) is 7.49. The van der Waals surface area contributed by atoms with E-state index in [-0.39, 0.29) is 23.2 Å². The summed E-state index contributed by atoms with van der Waals surface area (Å²) in [7, 11) is 0. The predicted octanol–water partition coefficient (Wildman–Crippen LogP) is 3.18. The van der Waals surface area contributed by atoms with E-state index < -0.39 is 0 Å². The number of hydrogen-bond acceptors (Lipinski definition) is 5. The van der Waals surface area contributed by atoms with E-state index in [0.29, 0.717) is 24.4 Å². The molecule has 1 aromatic carbocycles. The Morgan fingerprint density at radius 3 is 2.50 bits per heavy atom. The second kappa shape index (κ2) is 6.74. The zero-order valence-electron chi connectivity index (χ0n) is 16.4. The molecule has 0 spiro atoms. The molecule has 144 valence electrons. The molecular formula is C21H22N4O3. The molecule has 1 saturated heterocycles. The first-order valence-corrected chi connectivity index (χ1v) is 9.25. The third kappa shape index (κ3) is 3.13. The largest absolute Gasteiger partial charge is 0.339 e. The van der Waals surface area contributed by atoms with E-state index in [9.17, 15) is 9.59 Å². The van der Waals surface area contributed by atoms with Gasteiger partial charge < -0.3 is 14.4 Å². The van der Waals surface area contributed by atoms with E-state index in [1.165, 1.54) is 5.56 Å². The Bertz CT molecular complexity index is 1110. The number of carbonyl (C=O) groups excluding carboxylic acids is 1. The van der Waals surface area contributed by atoms with Crippen LogP contribution in [0.5, 0.6) is 0 Å². The van der Waals surface area contributed by atoms with E-state index in [1.54, 1.807) is 24.0 Å². The van der Waals surface area contributed by atoms with Crippen molar-refractivity contribution in [2.75, 3.05) is 11.4 Å². The van der Waals surface area contributed by atoms with Gasteiger partial charge in [0.1, 0.15) is 0 Å². The number of anilines is 1. The lowest BCUT2D eigenvalue weighted by atomic mass is 10.0. The summed E-state index contributed by atoms with van der Waals surface area (Å²) in [5.74, 6) is 0.462. The molecule has 1 aliphatic rings. The molecule has 28 heavy (non-hydrogen) atoms. The maximum atomic E-state index is 12.7. The Hall–Kier alpha value is -3.22. The van der Waals surface area contributed by atoms with E-state index >= 15 is 0 Å². The third-order valence-electron chi connectivity index (χ3n) is 5.12. The van der Waals surface area contributed by atoms with Crippen LogP contribution in [0, 0.1) is 27.7 Å². The number of nitrogens with zero attached hydrogens (tertiary/aromatic N) is 3. The van der Waals surface area contributed by atoms with Gasteiger partial charge in [-0.3, -0.25) is 9.59 Å². The number of pyridine rings is 1. The monoisotopic (exact) mass is 378 g/mol. The molecule has 3 aromatic rings. The molecule has 3 heterocycles. The first-order valence-electron chi connectivity index (χ1n) is 9.25. The quantitative estimate of drug-likeness (QED) is 0.756. The highest BCUT2D eigenvalue weighted by Crippen LogP contribution is 2.35. The molecule has 0 saturated carbocycles. The van der Waals surface area contributed by atoms with Gasteiger partial charge in [-0.2, -0.15) is 4.98 Å². The van der Waals surface area contributed by atoms with Gasteiger partial charge in [0.15, 0.2) is 0 Å². The topological polar surface area (TPSA) is 92.1 Å². The van der Waals surface area contributed by atoms with Gasteiger partial charge in [-0.25, -0.2) is 0 Å². The van der Waals surface area contributed by atoms with Gasteiger partial charge in [-0.15, -0.1) is 0 Å². The van der Waals surface area contributed by atoms with Crippen molar-refractivity contribution in [2.24, 2.45) is 0 Å². The van der Waals surface area contributed by atoms with Gasteiger partial charge in [0, 0.05) is 24.3 Å². The lowest BCUT2D eigenvalue weighted by Gasteiger charge is -2.21. The molecule has 1 atom stereocenters. The number of benzene rings is 1. The lowest BCUT2D eigenvalue weighted by molar-refractivity contribution is -0.117. The molecule has 0 aliphatic carbocycles. The Balaban J connectivity index is 1.62. The molecule has 1 unspecified atom stereocenters. The Labute approximate surface area is 162 Å². The number of aromatic nitrogens is 3. The fraction of sp³-hybridized carbons (Fsp3) is 0.333. The average Bonchev–Trinajstić information content (AvgIpc) is 3.22. The summed E-state index contributed by atoms with van der Waals surface area (Å²) >= 11 is 0. The Morgan fingerprint density at radius 1 is 1.11 bits per heavy atom. The Kier molecular flexibility index (Phi) is 4.37. The fourth-order valence-electron chi connectivity index (χ4n) is 3.95. The number of amides is 1. The third-order valence-corrected chi connectivity index (χ3v) is 5.12. The van der Waals surface area contributed by atoms with E-state index in [0.717, 1.165) is 22.5 Å². The van der Waals surface area contributed by atoms with Gasteiger partial charge in [0.25, 0.3) is 5.56 Å². The Morgan fingerprint density at radius 2 is 1.82 bits per heavy atom. The molecule has 2 aromatic heterocycles. The highest BCUT2D eigenvalue weighted by molar-refractivity contribution is 5.97. The lowest BCUT2D eigenvalue weighted by Crippen LogP contribution is -2.26. The van der Waals surface area contributed by atoms with Crippen LogP contribution in [0.1, 0.15) is 40.6 Å². The minimum Gasteiger partial charge on any atom is -0.339 e. The fourth-order valence-corrected chi connectivity index (χ4v) is 3.95. The van der Waals surface area contributed by atoms with Crippen molar-refractivity contribution in [1.29, 1.82) is 0 Å². The van der Waals surface area contributed by atoms with Crippen LogP contribution >= 0.6 is 0 Å². The smallest absolute Gasteiger partial charge is 0.259 e. The van der Waals surface area contributed by atoms with Crippen LogP contribution in [0.4, 0.5) is 5.69 Å². The summed E-state index contributed by atoms with van der Waals surface area (Å²) in [6.07, 6.45) is 0.304. The predicted molar refractivity (Wildman–Crippen MR) is 105 cm³/mol. The molecule has 0 bridgehead atoms. The second-order valence-electron chi connectivity index (χ2n) is 7.49. The molecule has 1 aliphatic heterocycles. The highest BCUT2D eigenvalue weighted by atomic mass is 16.5. The van der Waals surface area contributed by atoms with E-state index in [2.05, 4.69) is 27.3 Å². The molecule has 7 nitrogen and oxygen atoms in total. The van der Waals surface area contributed by atoms with Crippen molar-refractivity contribution in [3.8, 4) is 11.4 Å². The zero-order valence-corrected chi connectivity index (χ0v) is 16.4. The van der Waals surface area contributed by atoms with E-state index in [1.807, 2.05) is 20.8 Å². The van der Waals surface area contributed by atoms with Crippen LogP contribution in [0.2, 0.25) is 0 Å². The molecule has 0 radical (unpaired) electrons. The average molecular weight is 378 g/mol. The normalized spacial score (nSPS) is 16.8. The van der Waals surface area contributed by atoms with Gasteiger partial charge in [0.2, 0.25) is 17.6 Å². The number of rotatable bonds is 3. The first-order chi connectivity index (χ1) is 13.3. The number of nitrogens with one attached hydrogen (secondary N) is 1. The van der Waals surface area contributed by atoms with Crippen LogP contribution in [-0.4, -0.2) is 27.6 Å². The summed E-state index contributed by atoms with van der Waals surface area (Å²) in [6, 6.07) is 7.62. The van der Waals surface area contributed by atoms with Gasteiger partial charge >= 0.3 is 0 Å². The first kappa shape index (κ1) is 18.2. The van der Waals surface area contributed by atoms with Crippen LogP contribution in [0.25, 0.3) is 11.4 Å². The molecule has 1 amide bonds. The van der Waals surface area contributed by atoms with Crippen molar-refractivity contribution in [1.82, 2.24) is 15.1 Å². The highest BCUT2D eigenvalue weighted by Gasteiger charge is 2.36. The molecule has 1 fully saturated rings. The van der Waals surface area contributed by atoms with Crippen molar-refractivity contribution in [3.05, 3.63) is 62.9 Å². The molecule has 1 N–H and O–H groups in total. The van der Waals surface area contributed by atoms with Crippen molar-refractivity contribution in [3.63, 3.8) is 0 Å². The minimum atomic E-state index is -0.262. The summed E-state index contributed by atoms with van der Waals surface area (Å²) in [5, 5.41) is 3.96. The maximum absolute atomic E-state index is 12.7. The van der Waals surface area contributed by atoms with Gasteiger partial charge in [-0.05, 0) is 51.0 Å².